The van der Waals surface area contributed by atoms with Crippen molar-refractivity contribution < 1.29 is 22.7 Å². The van der Waals surface area contributed by atoms with E-state index in [1.807, 2.05) is 0 Å². The molecule has 2 rings (SSSR count). The third-order valence-corrected chi connectivity index (χ3v) is 3.74. The van der Waals surface area contributed by atoms with Gasteiger partial charge in [-0.15, -0.1) is 13.2 Å². The van der Waals surface area contributed by atoms with Crippen molar-refractivity contribution in [3.05, 3.63) is 58.1 Å². The zero-order chi connectivity index (χ0) is 17.7. The molecule has 8 heteroatoms. The van der Waals surface area contributed by atoms with E-state index in [4.69, 9.17) is 23.2 Å². The van der Waals surface area contributed by atoms with E-state index in [9.17, 15) is 18.0 Å². The average molecular weight is 378 g/mol. The molecule has 24 heavy (non-hydrogen) atoms. The summed E-state index contributed by atoms with van der Waals surface area (Å²) in [7, 11) is 0. The number of aryl methyl sites for hydroxylation is 1. The van der Waals surface area contributed by atoms with Gasteiger partial charge in [0.2, 0.25) is 5.91 Å². The molecule has 0 spiro atoms. The molecule has 0 unspecified atom stereocenters. The quantitative estimate of drug-likeness (QED) is 0.750. The predicted molar refractivity (Wildman–Crippen MR) is 86.5 cm³/mol. The summed E-state index contributed by atoms with van der Waals surface area (Å²) in [6, 6.07) is 10.0. The lowest BCUT2D eigenvalue weighted by Gasteiger charge is -2.10. The van der Waals surface area contributed by atoms with Crippen molar-refractivity contribution in [3.63, 3.8) is 0 Å². The molecule has 0 radical (unpaired) electrons. The summed E-state index contributed by atoms with van der Waals surface area (Å²) in [5.41, 5.74) is 1.23. The maximum Gasteiger partial charge on any atom is 0.573 e. The van der Waals surface area contributed by atoms with E-state index in [-0.39, 0.29) is 18.1 Å². The molecule has 3 nitrogen and oxygen atoms in total. The van der Waals surface area contributed by atoms with E-state index in [0.29, 0.717) is 22.2 Å². The van der Waals surface area contributed by atoms with Crippen LogP contribution in [-0.4, -0.2) is 12.3 Å². The Labute approximate surface area is 146 Å². The van der Waals surface area contributed by atoms with E-state index in [1.54, 1.807) is 18.2 Å². The van der Waals surface area contributed by atoms with Crippen molar-refractivity contribution in [2.24, 2.45) is 0 Å². The lowest BCUT2D eigenvalue weighted by atomic mass is 10.1. The minimum absolute atomic E-state index is 0.193. The molecule has 0 bridgehead atoms. The molecule has 0 fully saturated rings. The van der Waals surface area contributed by atoms with Crippen LogP contribution in [0, 0.1) is 0 Å². The molecule has 0 aromatic heterocycles. The predicted octanol–water partition coefficient (Wildman–Crippen LogP) is 5.46. The Morgan fingerprint density at radius 2 is 1.71 bits per heavy atom. The molecule has 0 heterocycles. The second-order valence-corrected chi connectivity index (χ2v) is 5.68. The van der Waals surface area contributed by atoms with Gasteiger partial charge < -0.3 is 10.1 Å². The molecule has 0 aliphatic carbocycles. The van der Waals surface area contributed by atoms with Crippen LogP contribution in [0.15, 0.2) is 42.5 Å². The Morgan fingerprint density at radius 3 is 2.29 bits per heavy atom. The number of amides is 1. The summed E-state index contributed by atoms with van der Waals surface area (Å²) in [6.07, 6.45) is -4.10. The third-order valence-electron chi connectivity index (χ3n) is 3.00. The van der Waals surface area contributed by atoms with Gasteiger partial charge in [-0.1, -0.05) is 29.3 Å². The van der Waals surface area contributed by atoms with Crippen LogP contribution in [0.5, 0.6) is 5.75 Å². The summed E-state index contributed by atoms with van der Waals surface area (Å²) >= 11 is 11.7. The molecule has 1 N–H and O–H groups in total. The molecule has 0 aliphatic heterocycles. The van der Waals surface area contributed by atoms with Crippen molar-refractivity contribution in [3.8, 4) is 5.75 Å². The third kappa shape index (κ3) is 5.94. The van der Waals surface area contributed by atoms with Crippen LogP contribution in [0.4, 0.5) is 18.9 Å². The minimum Gasteiger partial charge on any atom is -0.406 e. The highest BCUT2D eigenvalue weighted by atomic mass is 35.5. The topological polar surface area (TPSA) is 38.3 Å². The Kier molecular flexibility index (Phi) is 5.96. The fourth-order valence-corrected chi connectivity index (χ4v) is 2.24. The Hall–Kier alpha value is -1.92. The smallest absolute Gasteiger partial charge is 0.406 e. The van der Waals surface area contributed by atoms with Crippen molar-refractivity contribution in [2.45, 2.75) is 19.2 Å². The fourth-order valence-electron chi connectivity index (χ4n) is 1.92. The second-order valence-electron chi connectivity index (χ2n) is 4.87. The number of hydrogen-bond donors (Lipinski definition) is 1. The number of halogens is 5. The van der Waals surface area contributed by atoms with Crippen molar-refractivity contribution >= 4 is 34.8 Å². The van der Waals surface area contributed by atoms with Crippen LogP contribution in [0.3, 0.4) is 0 Å². The number of alkyl halides is 3. The van der Waals surface area contributed by atoms with Crippen molar-refractivity contribution in [2.75, 3.05) is 5.32 Å². The molecule has 1 amide bonds. The van der Waals surface area contributed by atoms with Crippen molar-refractivity contribution in [1.82, 2.24) is 0 Å². The lowest BCUT2D eigenvalue weighted by Crippen LogP contribution is -2.17. The number of anilines is 1. The molecule has 0 atom stereocenters. The van der Waals surface area contributed by atoms with Gasteiger partial charge in [0.15, 0.2) is 0 Å². The maximum absolute atomic E-state index is 12.1. The molecular weight excluding hydrogens is 366 g/mol. The van der Waals surface area contributed by atoms with E-state index < -0.39 is 6.36 Å². The summed E-state index contributed by atoms with van der Waals surface area (Å²) in [6.45, 7) is 0. The zero-order valence-corrected chi connectivity index (χ0v) is 13.7. The number of rotatable bonds is 5. The number of carbonyl (C=O) groups is 1. The zero-order valence-electron chi connectivity index (χ0n) is 12.2. The normalized spacial score (nSPS) is 11.2. The first-order valence-corrected chi connectivity index (χ1v) is 7.58. The van der Waals surface area contributed by atoms with E-state index in [1.165, 1.54) is 12.1 Å². The SMILES string of the molecule is O=C(CCc1ccc(Cl)c(Cl)c1)Nc1ccc(OC(F)(F)F)cc1. The van der Waals surface area contributed by atoms with Gasteiger partial charge in [-0.3, -0.25) is 4.79 Å². The van der Waals surface area contributed by atoms with Crippen LogP contribution in [0.2, 0.25) is 10.0 Å². The molecule has 0 saturated heterocycles. The largest absolute Gasteiger partial charge is 0.573 e. The van der Waals surface area contributed by atoms with Gasteiger partial charge in [0.1, 0.15) is 5.75 Å². The Morgan fingerprint density at radius 1 is 1.04 bits per heavy atom. The lowest BCUT2D eigenvalue weighted by molar-refractivity contribution is -0.274. The van der Waals surface area contributed by atoms with Crippen LogP contribution in [0.25, 0.3) is 0 Å². The highest BCUT2D eigenvalue weighted by Gasteiger charge is 2.30. The number of benzene rings is 2. The first kappa shape index (κ1) is 18.4. The van der Waals surface area contributed by atoms with E-state index in [2.05, 4.69) is 10.1 Å². The highest BCUT2D eigenvalue weighted by Crippen LogP contribution is 2.25. The summed E-state index contributed by atoms with van der Waals surface area (Å²) in [4.78, 5) is 11.9. The number of carbonyl (C=O) groups excluding carboxylic acids is 1. The van der Waals surface area contributed by atoms with Crippen LogP contribution in [0.1, 0.15) is 12.0 Å². The van der Waals surface area contributed by atoms with Gasteiger partial charge in [0.25, 0.3) is 0 Å². The standard InChI is InChI=1S/C16H12Cl2F3NO2/c17-13-7-1-10(9-14(13)18)2-8-15(23)22-11-3-5-12(6-4-11)24-16(19,20)21/h1,3-7,9H,2,8H2,(H,22,23). The molecule has 0 aliphatic rings. The van der Waals surface area contributed by atoms with Crippen molar-refractivity contribution in [1.29, 1.82) is 0 Å². The van der Waals surface area contributed by atoms with Crippen LogP contribution < -0.4 is 10.1 Å². The molecule has 128 valence electrons. The van der Waals surface area contributed by atoms with E-state index in [0.717, 1.165) is 17.7 Å². The number of hydrogen-bond acceptors (Lipinski definition) is 2. The van der Waals surface area contributed by atoms with Gasteiger partial charge in [-0.2, -0.15) is 0 Å². The summed E-state index contributed by atoms with van der Waals surface area (Å²) < 4.78 is 39.9. The van der Waals surface area contributed by atoms with Gasteiger partial charge in [0.05, 0.1) is 10.0 Å². The molecular formula is C16H12Cl2F3NO2. The summed E-state index contributed by atoms with van der Waals surface area (Å²) in [5.74, 6) is -0.623. The second kappa shape index (κ2) is 7.77. The Balaban J connectivity index is 1.86. The number of ether oxygens (including phenoxy) is 1. The van der Waals surface area contributed by atoms with Crippen LogP contribution in [-0.2, 0) is 11.2 Å². The number of nitrogens with one attached hydrogen (secondary N) is 1. The molecule has 0 saturated carbocycles. The van der Waals surface area contributed by atoms with Crippen LogP contribution >= 0.6 is 23.2 Å². The fraction of sp³-hybridized carbons (Fsp3) is 0.188. The first-order chi connectivity index (χ1) is 11.2. The highest BCUT2D eigenvalue weighted by molar-refractivity contribution is 6.42. The molecule has 2 aromatic carbocycles. The minimum atomic E-state index is -4.75. The van der Waals surface area contributed by atoms with Gasteiger partial charge in [-0.05, 0) is 48.4 Å². The van der Waals surface area contributed by atoms with Gasteiger partial charge in [-0.25, -0.2) is 0 Å². The van der Waals surface area contributed by atoms with E-state index >= 15 is 0 Å². The summed E-state index contributed by atoms with van der Waals surface area (Å²) in [5, 5.41) is 3.44. The first-order valence-electron chi connectivity index (χ1n) is 6.82. The Bertz CT molecular complexity index is 718. The average Bonchev–Trinajstić information content (AvgIpc) is 2.49. The van der Waals surface area contributed by atoms with Gasteiger partial charge in [0, 0.05) is 12.1 Å². The monoisotopic (exact) mass is 377 g/mol. The maximum atomic E-state index is 12.1. The van der Waals surface area contributed by atoms with Gasteiger partial charge >= 0.3 is 6.36 Å². The molecule has 2 aromatic rings.